The topological polar surface area (TPSA) is 66.4 Å². The molecular weight excluding hydrogens is 249 g/mol. The van der Waals surface area contributed by atoms with Crippen molar-refractivity contribution >= 4 is 17.6 Å². The molecule has 1 aliphatic carbocycles. The van der Waals surface area contributed by atoms with Crippen LogP contribution in [0.25, 0.3) is 0 Å². The minimum absolute atomic E-state index is 0.156. The average molecular weight is 265 g/mol. The van der Waals surface area contributed by atoms with Gasteiger partial charge in [-0.25, -0.2) is 4.39 Å². The van der Waals surface area contributed by atoms with Crippen molar-refractivity contribution in [2.24, 2.45) is 11.8 Å². The summed E-state index contributed by atoms with van der Waals surface area (Å²) < 4.78 is 13.5. The standard InChI is InChI=1S/C14H16FNO3/c1-8-2-5-11(15)12(6-8)16-13(17)9-3-4-10(7-9)14(18)19/h2,5-6,9-10H,3-4,7H2,1H3,(H,16,17)(H,18,19)/t9-,10+/m1/s1. The van der Waals surface area contributed by atoms with Crippen LogP contribution in [0.2, 0.25) is 0 Å². The molecule has 2 atom stereocenters. The van der Waals surface area contributed by atoms with E-state index in [2.05, 4.69) is 5.32 Å². The summed E-state index contributed by atoms with van der Waals surface area (Å²) in [6.45, 7) is 1.81. The number of amides is 1. The highest BCUT2D eigenvalue weighted by Crippen LogP contribution is 2.32. The van der Waals surface area contributed by atoms with E-state index in [9.17, 15) is 14.0 Å². The zero-order valence-electron chi connectivity index (χ0n) is 10.6. The van der Waals surface area contributed by atoms with Crippen molar-refractivity contribution in [2.75, 3.05) is 5.32 Å². The molecule has 0 heterocycles. The van der Waals surface area contributed by atoms with Crippen LogP contribution < -0.4 is 5.32 Å². The van der Waals surface area contributed by atoms with Gasteiger partial charge in [0.1, 0.15) is 5.82 Å². The third-order valence-corrected chi connectivity index (χ3v) is 3.53. The van der Waals surface area contributed by atoms with Crippen molar-refractivity contribution in [1.82, 2.24) is 0 Å². The van der Waals surface area contributed by atoms with Crippen LogP contribution in [-0.2, 0) is 9.59 Å². The molecule has 1 fully saturated rings. The van der Waals surface area contributed by atoms with Gasteiger partial charge in [-0.3, -0.25) is 9.59 Å². The van der Waals surface area contributed by atoms with E-state index in [1.54, 1.807) is 12.1 Å². The molecule has 2 N–H and O–H groups in total. The number of carbonyl (C=O) groups excluding carboxylic acids is 1. The van der Waals surface area contributed by atoms with Crippen molar-refractivity contribution in [3.63, 3.8) is 0 Å². The first-order valence-electron chi connectivity index (χ1n) is 6.27. The van der Waals surface area contributed by atoms with Crippen LogP contribution >= 0.6 is 0 Å². The van der Waals surface area contributed by atoms with E-state index in [4.69, 9.17) is 5.11 Å². The Labute approximate surface area is 110 Å². The maximum atomic E-state index is 13.5. The SMILES string of the molecule is Cc1ccc(F)c(NC(=O)[C@@H]2CC[C@H](C(=O)O)C2)c1. The van der Waals surface area contributed by atoms with E-state index in [-0.39, 0.29) is 17.5 Å². The van der Waals surface area contributed by atoms with Gasteiger partial charge < -0.3 is 10.4 Å². The number of aryl methyl sites for hydroxylation is 1. The molecule has 1 aliphatic rings. The van der Waals surface area contributed by atoms with Gasteiger partial charge in [0.2, 0.25) is 5.91 Å². The molecule has 1 saturated carbocycles. The summed E-state index contributed by atoms with van der Waals surface area (Å²) in [4.78, 5) is 22.8. The number of rotatable bonds is 3. The minimum atomic E-state index is -0.864. The number of nitrogens with one attached hydrogen (secondary N) is 1. The van der Waals surface area contributed by atoms with Crippen LogP contribution in [0.4, 0.5) is 10.1 Å². The number of carboxylic acids is 1. The molecule has 102 valence electrons. The van der Waals surface area contributed by atoms with Gasteiger partial charge in [-0.05, 0) is 43.9 Å². The van der Waals surface area contributed by atoms with Crippen LogP contribution in [0, 0.1) is 24.6 Å². The van der Waals surface area contributed by atoms with Crippen molar-refractivity contribution in [3.8, 4) is 0 Å². The molecule has 1 aromatic rings. The fourth-order valence-electron chi connectivity index (χ4n) is 2.41. The summed E-state index contributed by atoms with van der Waals surface area (Å²) in [5, 5.41) is 11.4. The van der Waals surface area contributed by atoms with Crippen molar-refractivity contribution in [2.45, 2.75) is 26.2 Å². The summed E-state index contributed by atoms with van der Waals surface area (Å²) in [5.41, 5.74) is 1.01. The third-order valence-electron chi connectivity index (χ3n) is 3.53. The molecule has 2 rings (SSSR count). The van der Waals surface area contributed by atoms with Gasteiger partial charge in [0.25, 0.3) is 0 Å². The van der Waals surface area contributed by atoms with Gasteiger partial charge in [0, 0.05) is 5.92 Å². The van der Waals surface area contributed by atoms with E-state index in [1.807, 2.05) is 6.92 Å². The summed E-state index contributed by atoms with van der Waals surface area (Å²) in [7, 11) is 0. The van der Waals surface area contributed by atoms with Crippen LogP contribution in [0.3, 0.4) is 0 Å². The lowest BCUT2D eigenvalue weighted by molar-refractivity contribution is -0.141. The Kier molecular flexibility index (Phi) is 3.83. The van der Waals surface area contributed by atoms with Gasteiger partial charge in [-0.15, -0.1) is 0 Å². The number of hydrogen-bond donors (Lipinski definition) is 2. The highest BCUT2D eigenvalue weighted by molar-refractivity contribution is 5.93. The molecule has 0 aromatic heterocycles. The molecule has 1 aromatic carbocycles. The molecule has 5 heteroatoms. The molecule has 0 aliphatic heterocycles. The molecule has 0 bridgehead atoms. The third kappa shape index (κ3) is 3.10. The van der Waals surface area contributed by atoms with Gasteiger partial charge in [-0.1, -0.05) is 6.07 Å². The average Bonchev–Trinajstić information content (AvgIpc) is 2.83. The summed E-state index contributed by atoms with van der Waals surface area (Å²) in [6.07, 6.45) is 1.37. The van der Waals surface area contributed by atoms with E-state index in [0.29, 0.717) is 19.3 Å². The number of carbonyl (C=O) groups is 2. The summed E-state index contributed by atoms with van der Waals surface area (Å²) in [5.74, 6) is -2.45. The predicted molar refractivity (Wildman–Crippen MR) is 68.2 cm³/mol. The van der Waals surface area contributed by atoms with Crippen LogP contribution in [0.1, 0.15) is 24.8 Å². The van der Waals surface area contributed by atoms with Crippen LogP contribution in [-0.4, -0.2) is 17.0 Å². The van der Waals surface area contributed by atoms with E-state index >= 15 is 0 Å². The smallest absolute Gasteiger partial charge is 0.306 e. The van der Waals surface area contributed by atoms with Crippen LogP contribution in [0.5, 0.6) is 0 Å². The Hall–Kier alpha value is -1.91. The highest BCUT2D eigenvalue weighted by atomic mass is 19.1. The first-order chi connectivity index (χ1) is 8.97. The zero-order chi connectivity index (χ0) is 14.0. The zero-order valence-corrected chi connectivity index (χ0v) is 10.6. The first-order valence-corrected chi connectivity index (χ1v) is 6.27. The normalized spacial score (nSPS) is 22.2. The van der Waals surface area contributed by atoms with Crippen molar-refractivity contribution < 1.29 is 19.1 Å². The van der Waals surface area contributed by atoms with E-state index in [1.165, 1.54) is 6.07 Å². The lowest BCUT2D eigenvalue weighted by Gasteiger charge is -2.12. The Morgan fingerprint density at radius 3 is 2.63 bits per heavy atom. The fraction of sp³-hybridized carbons (Fsp3) is 0.429. The molecule has 0 spiro atoms. The van der Waals surface area contributed by atoms with Crippen molar-refractivity contribution in [1.29, 1.82) is 0 Å². The predicted octanol–water partition coefficient (Wildman–Crippen LogP) is 2.57. The molecule has 4 nitrogen and oxygen atoms in total. The van der Waals surface area contributed by atoms with Crippen LogP contribution in [0.15, 0.2) is 18.2 Å². The Bertz CT molecular complexity index is 515. The van der Waals surface area contributed by atoms with Gasteiger partial charge in [0.15, 0.2) is 0 Å². The molecule has 1 amide bonds. The lowest BCUT2D eigenvalue weighted by atomic mass is 10.0. The minimum Gasteiger partial charge on any atom is -0.481 e. The second kappa shape index (κ2) is 5.38. The fourth-order valence-corrected chi connectivity index (χ4v) is 2.41. The second-order valence-corrected chi connectivity index (χ2v) is 5.02. The largest absolute Gasteiger partial charge is 0.481 e. The molecule has 19 heavy (non-hydrogen) atoms. The number of halogens is 1. The Balaban J connectivity index is 2.02. The van der Waals surface area contributed by atoms with E-state index in [0.717, 1.165) is 5.56 Å². The Morgan fingerprint density at radius 2 is 2.00 bits per heavy atom. The van der Waals surface area contributed by atoms with Gasteiger partial charge in [-0.2, -0.15) is 0 Å². The molecule has 0 saturated heterocycles. The Morgan fingerprint density at radius 1 is 1.32 bits per heavy atom. The van der Waals surface area contributed by atoms with Gasteiger partial charge >= 0.3 is 5.97 Å². The first kappa shape index (κ1) is 13.5. The second-order valence-electron chi connectivity index (χ2n) is 5.02. The lowest BCUT2D eigenvalue weighted by Crippen LogP contribution is -2.22. The van der Waals surface area contributed by atoms with E-state index < -0.39 is 17.7 Å². The number of aliphatic carboxylic acids is 1. The monoisotopic (exact) mass is 265 g/mol. The summed E-state index contributed by atoms with van der Waals surface area (Å²) in [6, 6.07) is 4.50. The maximum absolute atomic E-state index is 13.5. The number of hydrogen-bond acceptors (Lipinski definition) is 2. The number of anilines is 1. The number of carboxylic acid groups (broad SMARTS) is 1. The summed E-state index contributed by atoms with van der Waals surface area (Å²) >= 11 is 0. The maximum Gasteiger partial charge on any atom is 0.306 e. The quantitative estimate of drug-likeness (QED) is 0.882. The molecular formula is C14H16FNO3. The molecule has 0 radical (unpaired) electrons. The van der Waals surface area contributed by atoms with Crippen molar-refractivity contribution in [3.05, 3.63) is 29.6 Å². The highest BCUT2D eigenvalue weighted by Gasteiger charge is 2.33. The molecule has 0 unspecified atom stereocenters. The number of benzene rings is 1. The van der Waals surface area contributed by atoms with Gasteiger partial charge in [0.05, 0.1) is 11.6 Å².